The van der Waals surface area contributed by atoms with Crippen LogP contribution in [0.2, 0.25) is 0 Å². The monoisotopic (exact) mass is 421 g/mol. The fraction of sp³-hybridized carbons (Fsp3) is 0.353. The minimum Gasteiger partial charge on any atom is -0.468 e. The Bertz CT molecular complexity index is 899. The molecule has 0 unspecified atom stereocenters. The molecule has 0 saturated carbocycles. The summed E-state index contributed by atoms with van der Waals surface area (Å²) in [6.07, 6.45) is 0. The second-order valence-electron chi connectivity index (χ2n) is 5.54. The molecule has 0 atom stereocenters. The third kappa shape index (κ3) is 3.88. The third-order valence-corrected chi connectivity index (χ3v) is 4.40. The van der Waals surface area contributed by atoms with Crippen LogP contribution in [0.15, 0.2) is 24.3 Å². The number of hydrogen-bond donors (Lipinski definition) is 1. The van der Waals surface area contributed by atoms with Gasteiger partial charge >= 0.3 is 6.01 Å². The molecule has 9 heteroatoms. The Labute approximate surface area is 159 Å². The molecule has 3 aromatic rings. The highest BCUT2D eigenvalue weighted by Gasteiger charge is 2.18. The van der Waals surface area contributed by atoms with Gasteiger partial charge in [-0.25, -0.2) is 0 Å². The average molecular weight is 422 g/mol. The van der Waals surface area contributed by atoms with Gasteiger partial charge in [-0.2, -0.15) is 15.0 Å². The van der Waals surface area contributed by atoms with Crippen LogP contribution in [-0.2, 0) is 16.6 Å². The molecule has 0 saturated heterocycles. The number of methoxy groups -OCH3 is 2. The molecule has 3 rings (SSSR count). The molecule has 0 aliphatic heterocycles. The number of hydrogen-bond acceptors (Lipinski definition) is 7. The molecular formula is C17H20BrN5O3. The molecule has 8 nitrogen and oxygen atoms in total. The highest BCUT2D eigenvalue weighted by molar-refractivity contribution is 9.08. The van der Waals surface area contributed by atoms with Gasteiger partial charge < -0.3 is 19.9 Å². The lowest BCUT2D eigenvalue weighted by atomic mass is 10.1. The van der Waals surface area contributed by atoms with Crippen molar-refractivity contribution in [3.8, 4) is 12.0 Å². The van der Waals surface area contributed by atoms with E-state index in [1.807, 2.05) is 16.7 Å². The summed E-state index contributed by atoms with van der Waals surface area (Å²) in [4.78, 5) is 13.0. The molecule has 0 radical (unpaired) electrons. The van der Waals surface area contributed by atoms with Gasteiger partial charge in [0, 0.05) is 12.4 Å². The summed E-state index contributed by atoms with van der Waals surface area (Å²) in [5, 5.41) is 0.787. The van der Waals surface area contributed by atoms with Crippen LogP contribution >= 0.6 is 15.9 Å². The van der Waals surface area contributed by atoms with Crippen molar-refractivity contribution in [2.75, 3.05) is 33.2 Å². The van der Waals surface area contributed by atoms with E-state index in [-0.39, 0.29) is 11.8 Å². The fourth-order valence-electron chi connectivity index (χ4n) is 2.55. The molecule has 0 amide bonds. The zero-order valence-corrected chi connectivity index (χ0v) is 16.2. The number of nitrogens with zero attached hydrogens (tertiary/aromatic N) is 4. The number of benzene rings is 1. The maximum absolute atomic E-state index is 6.04. The maximum Gasteiger partial charge on any atom is 0.320 e. The zero-order chi connectivity index (χ0) is 18.5. The van der Waals surface area contributed by atoms with E-state index in [2.05, 4.69) is 43.0 Å². The van der Waals surface area contributed by atoms with Crippen LogP contribution < -0.4 is 15.2 Å². The smallest absolute Gasteiger partial charge is 0.320 e. The lowest BCUT2D eigenvalue weighted by Crippen LogP contribution is -2.09. The first kappa shape index (κ1) is 18.4. The molecule has 138 valence electrons. The van der Waals surface area contributed by atoms with Crippen LogP contribution in [0.3, 0.4) is 0 Å². The van der Waals surface area contributed by atoms with Crippen molar-refractivity contribution in [3.05, 3.63) is 35.4 Å². The van der Waals surface area contributed by atoms with Crippen molar-refractivity contribution >= 4 is 32.9 Å². The number of rotatable bonds is 8. The van der Waals surface area contributed by atoms with Gasteiger partial charge in [0.25, 0.3) is 6.01 Å². The molecule has 2 N–H and O–H groups in total. The highest BCUT2D eigenvalue weighted by Crippen LogP contribution is 2.26. The predicted molar refractivity (Wildman–Crippen MR) is 102 cm³/mol. The van der Waals surface area contributed by atoms with Crippen molar-refractivity contribution in [2.45, 2.75) is 11.9 Å². The van der Waals surface area contributed by atoms with Gasteiger partial charge in [-0.1, -0.05) is 40.2 Å². The van der Waals surface area contributed by atoms with E-state index in [0.717, 1.165) is 10.9 Å². The van der Waals surface area contributed by atoms with E-state index in [9.17, 15) is 0 Å². The second kappa shape index (κ2) is 8.33. The standard InChI is InChI=1S/C17H20BrN5O3/c1-24-6-7-26-16-21-14(19)13-15(22-16)23(17(20-13)25-2)10-12-5-3-4-11(8-12)9-18/h3-5,8H,6-7,9-10H2,1-2H3,(H2,19,21,22). The highest BCUT2D eigenvalue weighted by atomic mass is 79.9. The van der Waals surface area contributed by atoms with Crippen LogP contribution in [0, 0.1) is 0 Å². The minimum absolute atomic E-state index is 0.185. The number of nitrogen functional groups attached to an aromatic ring is 1. The molecule has 0 aliphatic carbocycles. The average Bonchev–Trinajstić information content (AvgIpc) is 3.00. The maximum atomic E-state index is 6.04. The van der Waals surface area contributed by atoms with Crippen LogP contribution in [0.1, 0.15) is 11.1 Å². The van der Waals surface area contributed by atoms with Gasteiger partial charge in [0.15, 0.2) is 17.0 Å². The van der Waals surface area contributed by atoms with Gasteiger partial charge in [-0.15, -0.1) is 0 Å². The molecule has 0 aliphatic rings. The Hall–Kier alpha value is -2.39. The van der Waals surface area contributed by atoms with E-state index in [1.54, 1.807) is 14.2 Å². The van der Waals surface area contributed by atoms with Crippen LogP contribution in [-0.4, -0.2) is 47.0 Å². The Morgan fingerprint density at radius 1 is 1.12 bits per heavy atom. The van der Waals surface area contributed by atoms with Crippen molar-refractivity contribution in [3.63, 3.8) is 0 Å². The molecule has 1 aromatic carbocycles. The number of anilines is 1. The minimum atomic E-state index is 0.185. The number of ether oxygens (including phenoxy) is 3. The molecule has 0 bridgehead atoms. The lowest BCUT2D eigenvalue weighted by molar-refractivity contribution is 0.141. The summed E-state index contributed by atoms with van der Waals surface area (Å²) in [7, 11) is 3.16. The largest absolute Gasteiger partial charge is 0.468 e. The van der Waals surface area contributed by atoms with Gasteiger partial charge in [0.2, 0.25) is 0 Å². The lowest BCUT2D eigenvalue weighted by Gasteiger charge is -2.09. The Morgan fingerprint density at radius 2 is 1.92 bits per heavy atom. The first-order chi connectivity index (χ1) is 12.7. The summed E-state index contributed by atoms with van der Waals surface area (Å²) in [6.45, 7) is 1.30. The SMILES string of the molecule is COCCOc1nc(N)c2nc(OC)n(Cc3cccc(CBr)c3)c2n1. The summed E-state index contributed by atoms with van der Waals surface area (Å²) >= 11 is 3.48. The number of fused-ring (bicyclic) bond motifs is 1. The molecule has 2 heterocycles. The van der Waals surface area contributed by atoms with Crippen molar-refractivity contribution in [2.24, 2.45) is 0 Å². The summed E-state index contributed by atoms with van der Waals surface area (Å²) in [5.41, 5.74) is 9.36. The Morgan fingerprint density at radius 3 is 2.65 bits per heavy atom. The van der Waals surface area contributed by atoms with Crippen molar-refractivity contribution in [1.82, 2.24) is 19.5 Å². The number of aromatic nitrogens is 4. The van der Waals surface area contributed by atoms with E-state index in [1.165, 1.54) is 5.56 Å². The van der Waals surface area contributed by atoms with Gasteiger partial charge in [0.1, 0.15) is 6.61 Å². The van der Waals surface area contributed by atoms with Crippen molar-refractivity contribution in [1.29, 1.82) is 0 Å². The number of alkyl halides is 1. The Kier molecular flexibility index (Phi) is 5.89. The van der Waals surface area contributed by atoms with Crippen LogP contribution in [0.4, 0.5) is 5.82 Å². The number of halogens is 1. The normalized spacial score (nSPS) is 11.0. The molecule has 26 heavy (non-hydrogen) atoms. The van der Waals surface area contributed by atoms with Crippen molar-refractivity contribution < 1.29 is 14.2 Å². The number of imidazole rings is 1. The van der Waals surface area contributed by atoms with E-state index in [4.69, 9.17) is 19.9 Å². The third-order valence-electron chi connectivity index (χ3n) is 3.75. The summed E-state index contributed by atoms with van der Waals surface area (Å²) in [6, 6.07) is 8.83. The van der Waals surface area contributed by atoms with E-state index >= 15 is 0 Å². The van der Waals surface area contributed by atoms with Gasteiger partial charge in [-0.3, -0.25) is 4.57 Å². The second-order valence-corrected chi connectivity index (χ2v) is 6.10. The van der Waals surface area contributed by atoms with E-state index in [0.29, 0.717) is 36.9 Å². The topological polar surface area (TPSA) is 97.3 Å². The van der Waals surface area contributed by atoms with Gasteiger partial charge in [-0.05, 0) is 11.1 Å². The summed E-state index contributed by atoms with van der Waals surface area (Å²) < 4.78 is 17.7. The van der Waals surface area contributed by atoms with Crippen LogP contribution in [0.5, 0.6) is 12.0 Å². The van der Waals surface area contributed by atoms with Crippen LogP contribution in [0.25, 0.3) is 11.2 Å². The number of nitrogens with two attached hydrogens (primary N) is 1. The zero-order valence-electron chi connectivity index (χ0n) is 14.6. The van der Waals surface area contributed by atoms with E-state index < -0.39 is 0 Å². The molecule has 0 fully saturated rings. The predicted octanol–water partition coefficient (Wildman–Crippen LogP) is 2.39. The fourth-order valence-corrected chi connectivity index (χ4v) is 2.90. The molecule has 0 spiro atoms. The molecular weight excluding hydrogens is 402 g/mol. The summed E-state index contributed by atoms with van der Waals surface area (Å²) in [5.74, 6) is 0.244. The van der Waals surface area contributed by atoms with Gasteiger partial charge in [0.05, 0.1) is 20.3 Å². The Balaban J connectivity index is 2.01. The quantitative estimate of drug-likeness (QED) is 0.440. The first-order valence-corrected chi connectivity index (χ1v) is 9.11. The molecule has 2 aromatic heterocycles. The first-order valence-electron chi connectivity index (χ1n) is 7.99.